The fourth-order valence-electron chi connectivity index (χ4n) is 5.06. The molecule has 4 rings (SSSR count). The van der Waals surface area contributed by atoms with E-state index < -0.39 is 78.4 Å². The number of sulfonamides is 1. The van der Waals surface area contributed by atoms with Gasteiger partial charge in [-0.05, 0) is 49.2 Å². The molecule has 0 unspecified atom stereocenters. The van der Waals surface area contributed by atoms with Crippen molar-refractivity contribution in [2.75, 3.05) is 19.8 Å². The predicted molar refractivity (Wildman–Crippen MR) is 122 cm³/mol. The Hall–Kier alpha value is -2.00. The molecule has 2 atom stereocenters. The van der Waals surface area contributed by atoms with E-state index in [1.165, 1.54) is 29.0 Å². The molecule has 1 N–H and O–H groups in total. The molecule has 1 aliphatic heterocycles. The van der Waals surface area contributed by atoms with E-state index in [9.17, 15) is 34.4 Å². The Morgan fingerprint density at radius 1 is 0.973 bits per heavy atom. The fourth-order valence-corrected chi connectivity index (χ4v) is 8.18. The van der Waals surface area contributed by atoms with Gasteiger partial charge in [-0.2, -0.15) is 13.2 Å². The van der Waals surface area contributed by atoms with Crippen LogP contribution in [0.15, 0.2) is 41.3 Å². The Kier molecular flexibility index (Phi) is 7.29. The van der Waals surface area contributed by atoms with Gasteiger partial charge in [-0.1, -0.05) is 24.4 Å². The van der Waals surface area contributed by atoms with E-state index in [1.807, 2.05) is 0 Å². The van der Waals surface area contributed by atoms with Crippen molar-refractivity contribution in [2.45, 2.75) is 46.4 Å². The Morgan fingerprint density at radius 2 is 1.59 bits per heavy atom. The quantitative estimate of drug-likeness (QED) is 0.379. The van der Waals surface area contributed by atoms with Crippen molar-refractivity contribution in [1.29, 1.82) is 0 Å². The van der Waals surface area contributed by atoms with Gasteiger partial charge in [0, 0.05) is 11.6 Å². The van der Waals surface area contributed by atoms with Crippen molar-refractivity contribution >= 4 is 31.5 Å². The normalized spacial score (nSPS) is 24.2. The second-order valence-corrected chi connectivity index (χ2v) is 13.1. The summed E-state index contributed by atoms with van der Waals surface area (Å²) < 4.78 is 130. The molecule has 0 aromatic heterocycles. The zero-order chi connectivity index (χ0) is 27.3. The van der Waals surface area contributed by atoms with Crippen LogP contribution in [-0.4, -0.2) is 47.7 Å². The molecule has 1 fully saturated rings. The summed E-state index contributed by atoms with van der Waals surface area (Å²) in [5.74, 6) is -2.67. The second kappa shape index (κ2) is 9.63. The largest absolute Gasteiger partial charge is 0.511 e. The Balaban J connectivity index is 1.84. The lowest BCUT2D eigenvalue weighted by atomic mass is 9.69. The number of nitrogens with one attached hydrogen (secondary N) is 1. The average molecular weight is 590 g/mol. The van der Waals surface area contributed by atoms with Gasteiger partial charge >= 0.3 is 15.5 Å². The van der Waals surface area contributed by atoms with Crippen molar-refractivity contribution in [3.63, 3.8) is 0 Å². The zero-order valence-corrected chi connectivity index (χ0v) is 21.3. The van der Waals surface area contributed by atoms with E-state index in [0.717, 1.165) is 12.1 Å². The summed E-state index contributed by atoms with van der Waals surface area (Å²) in [5, 5.41) is 0.226. The maximum atomic E-state index is 15.4. The van der Waals surface area contributed by atoms with Crippen LogP contribution in [0.3, 0.4) is 0 Å². The highest BCUT2D eigenvalue weighted by atomic mass is 35.5. The van der Waals surface area contributed by atoms with Crippen molar-refractivity contribution in [1.82, 2.24) is 4.72 Å². The fraction of sp³-hybridized carbons (Fsp3) is 0.455. The van der Waals surface area contributed by atoms with Gasteiger partial charge < -0.3 is 9.47 Å². The summed E-state index contributed by atoms with van der Waals surface area (Å²) in [5.41, 5.74) is -8.02. The summed E-state index contributed by atoms with van der Waals surface area (Å²) in [4.78, 5) is -0.263. The number of halogens is 6. The van der Waals surface area contributed by atoms with Crippen LogP contribution in [0, 0.1) is 11.6 Å². The van der Waals surface area contributed by atoms with Gasteiger partial charge in [0.15, 0.2) is 21.4 Å². The van der Waals surface area contributed by atoms with E-state index in [4.69, 9.17) is 21.1 Å². The molecule has 204 valence electrons. The van der Waals surface area contributed by atoms with Crippen LogP contribution in [-0.2, 0) is 29.3 Å². The molecule has 1 saturated carbocycles. The minimum absolute atomic E-state index is 0.0404. The Morgan fingerprint density at radius 3 is 2.24 bits per heavy atom. The van der Waals surface area contributed by atoms with E-state index in [-0.39, 0.29) is 29.2 Å². The first-order valence-corrected chi connectivity index (χ1v) is 14.3. The van der Waals surface area contributed by atoms with E-state index in [0.29, 0.717) is 6.42 Å². The molecule has 37 heavy (non-hydrogen) atoms. The van der Waals surface area contributed by atoms with Crippen LogP contribution < -0.4 is 9.46 Å². The van der Waals surface area contributed by atoms with Gasteiger partial charge in [-0.15, -0.1) is 0 Å². The topological polar surface area (TPSA) is 98.8 Å². The molecular formula is C22H21ClF5NO6S2. The lowest BCUT2D eigenvalue weighted by Gasteiger charge is -2.54. The lowest BCUT2D eigenvalue weighted by Crippen LogP contribution is -2.65. The third-order valence-corrected chi connectivity index (χ3v) is 10.7. The summed E-state index contributed by atoms with van der Waals surface area (Å²) in [6.45, 7) is -2.14. The number of benzene rings is 2. The molecule has 7 nitrogen and oxygen atoms in total. The first-order valence-electron chi connectivity index (χ1n) is 11.0. The number of sulfone groups is 1. The highest BCUT2D eigenvalue weighted by Crippen LogP contribution is 2.59. The number of hydrogen-bond acceptors (Lipinski definition) is 6. The van der Waals surface area contributed by atoms with Gasteiger partial charge in [-0.3, -0.25) is 0 Å². The number of hydrogen-bond donors (Lipinski definition) is 1. The highest BCUT2D eigenvalue weighted by molar-refractivity contribution is 7.92. The standard InChI is InChI=1S/C22H21ClF5NO6S2/c23-14-3-5-15(6-4-14)36(30,31)21-10-2-1-9-20(21,35-12-11-29-37(32,33)22(26,27)28)13-34-19-17(25)8-7-16(24)18(19)21/h3-8,29H,1-2,9-13H2/t20-,21+/m0/s1. The minimum Gasteiger partial charge on any atom is -0.487 e. The Bertz CT molecular complexity index is 1400. The van der Waals surface area contributed by atoms with Crippen LogP contribution in [0.4, 0.5) is 22.0 Å². The number of ether oxygens (including phenoxy) is 2. The van der Waals surface area contributed by atoms with E-state index >= 15 is 4.39 Å². The summed E-state index contributed by atoms with van der Waals surface area (Å²) in [7, 11) is -10.3. The molecule has 0 spiro atoms. The molecule has 2 aromatic carbocycles. The molecular weight excluding hydrogens is 569 g/mol. The molecule has 2 aromatic rings. The monoisotopic (exact) mass is 589 g/mol. The molecule has 0 bridgehead atoms. The zero-order valence-electron chi connectivity index (χ0n) is 18.9. The van der Waals surface area contributed by atoms with Crippen LogP contribution in [0.2, 0.25) is 5.02 Å². The third-order valence-electron chi connectivity index (χ3n) is 6.67. The first-order chi connectivity index (χ1) is 17.2. The molecule has 0 radical (unpaired) electrons. The molecule has 15 heteroatoms. The number of rotatable bonds is 7. The predicted octanol–water partition coefficient (Wildman–Crippen LogP) is 4.45. The number of fused-ring (bicyclic) bond motifs is 3. The second-order valence-electron chi connectivity index (χ2n) is 8.70. The van der Waals surface area contributed by atoms with Crippen LogP contribution in [0.25, 0.3) is 0 Å². The minimum atomic E-state index is -5.69. The van der Waals surface area contributed by atoms with Crippen molar-refractivity contribution < 1.29 is 48.3 Å². The molecule has 0 saturated heterocycles. The highest BCUT2D eigenvalue weighted by Gasteiger charge is 2.67. The maximum absolute atomic E-state index is 15.4. The Labute approximate surface area is 214 Å². The maximum Gasteiger partial charge on any atom is 0.511 e. The van der Waals surface area contributed by atoms with Crippen molar-refractivity contribution in [3.8, 4) is 5.75 Å². The molecule has 1 aliphatic carbocycles. The van der Waals surface area contributed by atoms with E-state index in [1.54, 1.807) is 0 Å². The molecule has 0 amide bonds. The molecule has 2 aliphatic rings. The van der Waals surface area contributed by atoms with E-state index in [2.05, 4.69) is 0 Å². The van der Waals surface area contributed by atoms with Crippen molar-refractivity contribution in [2.24, 2.45) is 0 Å². The van der Waals surface area contributed by atoms with Crippen LogP contribution in [0.5, 0.6) is 5.75 Å². The molecule has 1 heterocycles. The number of alkyl halides is 3. The smallest absolute Gasteiger partial charge is 0.487 e. The van der Waals surface area contributed by atoms with Gasteiger partial charge in [-0.25, -0.2) is 30.3 Å². The van der Waals surface area contributed by atoms with Crippen molar-refractivity contribution in [3.05, 3.63) is 58.6 Å². The summed E-state index contributed by atoms with van der Waals surface area (Å²) >= 11 is 5.91. The summed E-state index contributed by atoms with van der Waals surface area (Å²) in [6.07, 6.45) is 0.389. The summed E-state index contributed by atoms with van der Waals surface area (Å²) in [6, 6.07) is 6.58. The van der Waals surface area contributed by atoms with Gasteiger partial charge in [0.05, 0.1) is 17.1 Å². The van der Waals surface area contributed by atoms with Gasteiger partial charge in [0.2, 0.25) is 0 Å². The van der Waals surface area contributed by atoms with Gasteiger partial charge in [0.1, 0.15) is 22.8 Å². The first kappa shape index (κ1) is 28.0. The lowest BCUT2D eigenvalue weighted by molar-refractivity contribution is -0.131. The average Bonchev–Trinajstić information content (AvgIpc) is 2.83. The van der Waals surface area contributed by atoms with Gasteiger partial charge in [0.25, 0.3) is 0 Å². The third kappa shape index (κ3) is 4.50. The van der Waals surface area contributed by atoms with Crippen LogP contribution >= 0.6 is 11.6 Å². The van der Waals surface area contributed by atoms with Crippen LogP contribution in [0.1, 0.15) is 31.2 Å². The SMILES string of the molecule is O=S(=O)(NCCO[C@]12CCCC[C@@]1(S(=O)(=O)c1ccc(Cl)cc1)c1c(F)ccc(F)c1OC2)C(F)(F)F.